The van der Waals surface area contributed by atoms with Gasteiger partial charge in [-0.05, 0) is 20.0 Å². The normalized spacial score (nSPS) is 12.1. The van der Waals surface area contributed by atoms with Crippen LogP contribution in [0.25, 0.3) is 10.9 Å². The minimum absolute atomic E-state index is 0.224. The van der Waals surface area contributed by atoms with E-state index in [1.54, 1.807) is 14.0 Å². The molecule has 7 heteroatoms. The van der Waals surface area contributed by atoms with Crippen molar-refractivity contribution in [3.63, 3.8) is 0 Å². The molecule has 112 valence electrons. The van der Waals surface area contributed by atoms with E-state index in [9.17, 15) is 9.59 Å². The second-order valence-electron chi connectivity index (χ2n) is 4.71. The highest BCUT2D eigenvalue weighted by molar-refractivity contribution is 6.05. The second kappa shape index (κ2) is 6.85. The van der Waals surface area contributed by atoms with Gasteiger partial charge in [0.05, 0.1) is 5.52 Å². The van der Waals surface area contributed by atoms with Gasteiger partial charge >= 0.3 is 0 Å². The van der Waals surface area contributed by atoms with Crippen LogP contribution in [-0.4, -0.2) is 48.2 Å². The largest absolute Gasteiger partial charge is 0.353 e. The van der Waals surface area contributed by atoms with Crippen LogP contribution in [0.2, 0.25) is 0 Å². The van der Waals surface area contributed by atoms with E-state index in [0.29, 0.717) is 18.8 Å². The molecule has 7 nitrogen and oxygen atoms in total. The summed E-state index contributed by atoms with van der Waals surface area (Å²) in [5, 5.41) is 15.8. The van der Waals surface area contributed by atoms with E-state index in [2.05, 4.69) is 26.1 Å². The third-order valence-corrected chi connectivity index (χ3v) is 3.10. The van der Waals surface area contributed by atoms with Crippen LogP contribution in [0.5, 0.6) is 0 Å². The van der Waals surface area contributed by atoms with Crippen molar-refractivity contribution in [3.05, 3.63) is 30.0 Å². The number of carbonyl (C=O) groups is 2. The minimum Gasteiger partial charge on any atom is -0.353 e. The highest BCUT2D eigenvalue weighted by Crippen LogP contribution is 2.14. The lowest BCUT2D eigenvalue weighted by atomic mass is 10.2. The van der Waals surface area contributed by atoms with Crippen LogP contribution in [0.1, 0.15) is 17.4 Å². The Morgan fingerprint density at radius 2 is 2.05 bits per heavy atom. The first-order valence-corrected chi connectivity index (χ1v) is 6.79. The topological polar surface area (TPSA) is 98.9 Å². The number of H-pyrrole nitrogens is 1. The van der Waals surface area contributed by atoms with E-state index >= 15 is 0 Å². The number of aromatic amines is 1. The summed E-state index contributed by atoms with van der Waals surface area (Å²) in [5.41, 5.74) is 1.08. The number of hydrogen-bond donors (Lipinski definition) is 4. The maximum atomic E-state index is 12.2. The zero-order chi connectivity index (χ0) is 15.2. The molecule has 0 spiro atoms. The Bertz CT molecular complexity index is 637. The Morgan fingerprint density at radius 3 is 2.81 bits per heavy atom. The number of fused-ring (bicyclic) bond motifs is 1. The third-order valence-electron chi connectivity index (χ3n) is 3.10. The van der Waals surface area contributed by atoms with E-state index in [1.165, 1.54) is 0 Å². The van der Waals surface area contributed by atoms with Gasteiger partial charge in [-0.3, -0.25) is 14.7 Å². The Morgan fingerprint density at radius 1 is 1.29 bits per heavy atom. The Balaban J connectivity index is 1.99. The van der Waals surface area contributed by atoms with Crippen molar-refractivity contribution in [1.82, 2.24) is 26.1 Å². The molecule has 1 atom stereocenters. The smallest absolute Gasteiger partial charge is 0.273 e. The van der Waals surface area contributed by atoms with Crippen molar-refractivity contribution >= 4 is 22.7 Å². The SMILES string of the molecule is CNCCNC(=O)C(C)NC(=O)c1n[nH]c2ccccc12. The first-order chi connectivity index (χ1) is 10.1. The number of carbonyl (C=O) groups excluding carboxylic acids is 2. The standard InChI is InChI=1S/C14H19N5O2/c1-9(13(20)16-8-7-15-2)17-14(21)12-10-5-3-4-6-11(10)18-19-12/h3-6,9,15H,7-8H2,1-2H3,(H,16,20)(H,17,21)(H,18,19). The quantitative estimate of drug-likeness (QED) is 0.563. The minimum atomic E-state index is -0.621. The zero-order valence-electron chi connectivity index (χ0n) is 12.1. The molecule has 1 heterocycles. The average Bonchev–Trinajstić information content (AvgIpc) is 2.91. The van der Waals surface area contributed by atoms with Gasteiger partial charge in [-0.1, -0.05) is 18.2 Å². The number of benzene rings is 1. The monoisotopic (exact) mass is 289 g/mol. The first kappa shape index (κ1) is 15.0. The van der Waals surface area contributed by atoms with E-state index in [1.807, 2.05) is 24.3 Å². The van der Waals surface area contributed by atoms with Crippen molar-refractivity contribution < 1.29 is 9.59 Å². The predicted octanol–water partition coefficient (Wildman–Crippen LogP) is 0.0168. The van der Waals surface area contributed by atoms with Crippen molar-refractivity contribution in [1.29, 1.82) is 0 Å². The van der Waals surface area contributed by atoms with Crippen LogP contribution in [0, 0.1) is 0 Å². The van der Waals surface area contributed by atoms with Crippen LogP contribution in [0.3, 0.4) is 0 Å². The van der Waals surface area contributed by atoms with Crippen molar-refractivity contribution in [2.24, 2.45) is 0 Å². The summed E-state index contributed by atoms with van der Waals surface area (Å²) < 4.78 is 0. The Hall–Kier alpha value is -2.41. The Kier molecular flexibility index (Phi) is 4.89. The number of para-hydroxylation sites is 1. The summed E-state index contributed by atoms with van der Waals surface area (Å²) in [6.45, 7) is 2.83. The van der Waals surface area contributed by atoms with Crippen molar-refractivity contribution in [2.75, 3.05) is 20.1 Å². The van der Waals surface area contributed by atoms with Crippen molar-refractivity contribution in [2.45, 2.75) is 13.0 Å². The summed E-state index contributed by atoms with van der Waals surface area (Å²) in [4.78, 5) is 24.0. The average molecular weight is 289 g/mol. The number of nitrogens with zero attached hydrogens (tertiary/aromatic N) is 1. The van der Waals surface area contributed by atoms with Crippen molar-refractivity contribution in [3.8, 4) is 0 Å². The molecule has 0 saturated carbocycles. The fourth-order valence-corrected chi connectivity index (χ4v) is 1.93. The number of aromatic nitrogens is 2. The molecule has 1 unspecified atom stereocenters. The van der Waals surface area contributed by atoms with Gasteiger partial charge in [-0.25, -0.2) is 0 Å². The lowest BCUT2D eigenvalue weighted by Crippen LogP contribution is -2.46. The fraction of sp³-hybridized carbons (Fsp3) is 0.357. The van der Waals surface area contributed by atoms with E-state index in [-0.39, 0.29) is 11.8 Å². The zero-order valence-corrected chi connectivity index (χ0v) is 12.1. The molecule has 0 aliphatic carbocycles. The van der Waals surface area contributed by atoms with Gasteiger partial charge in [0.1, 0.15) is 6.04 Å². The molecule has 0 bridgehead atoms. The number of likely N-dealkylation sites (N-methyl/N-ethyl adjacent to an activating group) is 1. The van der Waals surface area contributed by atoms with Gasteiger partial charge in [0, 0.05) is 18.5 Å². The summed E-state index contributed by atoms with van der Waals surface area (Å²) in [7, 11) is 1.81. The molecule has 1 aromatic heterocycles. The molecule has 0 saturated heterocycles. The molecule has 4 N–H and O–H groups in total. The Labute approximate surface area is 122 Å². The van der Waals surface area contributed by atoms with Crippen LogP contribution < -0.4 is 16.0 Å². The van der Waals surface area contributed by atoms with Gasteiger partial charge in [0.25, 0.3) is 5.91 Å². The third kappa shape index (κ3) is 3.57. The summed E-state index contributed by atoms with van der Waals surface area (Å²) in [5.74, 6) is -0.595. The van der Waals surface area contributed by atoms with Gasteiger partial charge in [-0.15, -0.1) is 0 Å². The van der Waals surface area contributed by atoms with Gasteiger partial charge < -0.3 is 16.0 Å². The molecule has 1 aromatic carbocycles. The van der Waals surface area contributed by atoms with Crippen LogP contribution >= 0.6 is 0 Å². The van der Waals surface area contributed by atoms with Crippen LogP contribution in [0.15, 0.2) is 24.3 Å². The van der Waals surface area contributed by atoms with E-state index < -0.39 is 6.04 Å². The number of nitrogens with one attached hydrogen (secondary N) is 4. The molecule has 2 amide bonds. The molecule has 0 fully saturated rings. The molecule has 0 radical (unpaired) electrons. The molecular formula is C14H19N5O2. The molecular weight excluding hydrogens is 270 g/mol. The highest BCUT2D eigenvalue weighted by Gasteiger charge is 2.19. The number of hydrogen-bond acceptors (Lipinski definition) is 4. The van der Waals surface area contributed by atoms with Gasteiger partial charge in [0.2, 0.25) is 5.91 Å². The highest BCUT2D eigenvalue weighted by atomic mass is 16.2. The van der Waals surface area contributed by atoms with E-state index in [4.69, 9.17) is 0 Å². The van der Waals surface area contributed by atoms with Crippen LogP contribution in [0.4, 0.5) is 0 Å². The predicted molar refractivity (Wildman–Crippen MR) is 80.0 cm³/mol. The maximum absolute atomic E-state index is 12.2. The molecule has 2 aromatic rings. The van der Waals surface area contributed by atoms with Gasteiger partial charge in [0.15, 0.2) is 5.69 Å². The number of rotatable bonds is 6. The van der Waals surface area contributed by atoms with Gasteiger partial charge in [-0.2, -0.15) is 5.10 Å². The maximum Gasteiger partial charge on any atom is 0.273 e. The lowest BCUT2D eigenvalue weighted by molar-refractivity contribution is -0.122. The number of amides is 2. The molecule has 0 aliphatic rings. The second-order valence-corrected chi connectivity index (χ2v) is 4.71. The summed E-state index contributed by atoms with van der Waals surface area (Å²) >= 11 is 0. The van der Waals surface area contributed by atoms with Crippen LogP contribution in [-0.2, 0) is 4.79 Å². The molecule has 21 heavy (non-hydrogen) atoms. The summed E-state index contributed by atoms with van der Waals surface area (Å²) in [6, 6.07) is 6.73. The fourth-order valence-electron chi connectivity index (χ4n) is 1.93. The summed E-state index contributed by atoms with van der Waals surface area (Å²) in [6.07, 6.45) is 0. The molecule has 2 rings (SSSR count). The van der Waals surface area contributed by atoms with E-state index in [0.717, 1.165) is 10.9 Å². The lowest BCUT2D eigenvalue weighted by Gasteiger charge is -2.13. The first-order valence-electron chi connectivity index (χ1n) is 6.79. The molecule has 0 aliphatic heterocycles.